The van der Waals surface area contributed by atoms with Crippen LogP contribution >= 0.6 is 35.0 Å². The molecular formula is C20H16Cl2N2O3S. The molecule has 0 saturated carbocycles. The lowest BCUT2D eigenvalue weighted by Crippen LogP contribution is -2.36. The van der Waals surface area contributed by atoms with Crippen LogP contribution in [0.3, 0.4) is 0 Å². The van der Waals surface area contributed by atoms with Gasteiger partial charge in [0.1, 0.15) is 6.54 Å². The van der Waals surface area contributed by atoms with Gasteiger partial charge in [0.25, 0.3) is 11.1 Å². The number of hydrogen-bond acceptors (Lipinski definition) is 4. The Morgan fingerprint density at radius 2 is 1.75 bits per heavy atom. The van der Waals surface area contributed by atoms with E-state index in [1.165, 1.54) is 6.08 Å². The molecule has 0 bridgehead atoms. The van der Waals surface area contributed by atoms with Gasteiger partial charge in [-0.1, -0.05) is 41.4 Å². The molecule has 5 nitrogen and oxygen atoms in total. The van der Waals surface area contributed by atoms with Gasteiger partial charge in [-0.05, 0) is 61.0 Å². The van der Waals surface area contributed by atoms with Crippen LogP contribution in [-0.4, -0.2) is 28.5 Å². The van der Waals surface area contributed by atoms with E-state index in [4.69, 9.17) is 23.2 Å². The van der Waals surface area contributed by atoms with E-state index < -0.39 is 17.1 Å². The highest BCUT2D eigenvalue weighted by Crippen LogP contribution is 2.35. The number of carbonyl (C=O) groups excluding carboxylic acids is 3. The lowest BCUT2D eigenvalue weighted by molar-refractivity contribution is -0.127. The molecule has 8 heteroatoms. The third-order valence-corrected chi connectivity index (χ3v) is 5.90. The summed E-state index contributed by atoms with van der Waals surface area (Å²) in [6.07, 6.45) is 1.47. The topological polar surface area (TPSA) is 66.5 Å². The predicted octanol–water partition coefficient (Wildman–Crippen LogP) is 5.29. The number of hydrogen-bond donors (Lipinski definition) is 1. The number of aryl methyl sites for hydroxylation is 1. The molecule has 1 fully saturated rings. The maximum absolute atomic E-state index is 12.6. The molecule has 3 rings (SSSR count). The van der Waals surface area contributed by atoms with Crippen LogP contribution in [0.15, 0.2) is 41.3 Å². The van der Waals surface area contributed by atoms with Gasteiger partial charge in [-0.25, -0.2) is 0 Å². The first kappa shape index (κ1) is 20.5. The zero-order valence-electron chi connectivity index (χ0n) is 15.1. The summed E-state index contributed by atoms with van der Waals surface area (Å²) in [4.78, 5) is 38.3. The van der Waals surface area contributed by atoms with Gasteiger partial charge < -0.3 is 5.32 Å². The van der Waals surface area contributed by atoms with Gasteiger partial charge in [0.15, 0.2) is 0 Å². The summed E-state index contributed by atoms with van der Waals surface area (Å²) in [5, 5.41) is 2.96. The summed E-state index contributed by atoms with van der Waals surface area (Å²) >= 11 is 13.0. The lowest BCUT2D eigenvalue weighted by Gasteiger charge is -2.14. The molecule has 0 radical (unpaired) electrons. The van der Waals surface area contributed by atoms with Crippen LogP contribution < -0.4 is 5.32 Å². The Morgan fingerprint density at radius 1 is 1.11 bits per heavy atom. The van der Waals surface area contributed by atoms with Crippen LogP contribution in [0.5, 0.6) is 0 Å². The number of rotatable bonds is 4. The fourth-order valence-electron chi connectivity index (χ4n) is 2.64. The molecule has 0 aromatic heterocycles. The second-order valence-corrected chi connectivity index (χ2v) is 8.01. The molecule has 1 saturated heterocycles. The smallest absolute Gasteiger partial charge is 0.294 e. The Balaban J connectivity index is 1.76. The second kappa shape index (κ2) is 8.39. The number of anilines is 1. The highest BCUT2D eigenvalue weighted by atomic mass is 35.5. The van der Waals surface area contributed by atoms with E-state index in [-0.39, 0.29) is 11.4 Å². The van der Waals surface area contributed by atoms with Gasteiger partial charge in [0.05, 0.1) is 4.91 Å². The average Bonchev–Trinajstić information content (AvgIpc) is 2.89. The monoisotopic (exact) mass is 434 g/mol. The van der Waals surface area contributed by atoms with E-state index in [1.54, 1.807) is 24.3 Å². The van der Waals surface area contributed by atoms with E-state index in [0.717, 1.165) is 27.8 Å². The Kier molecular flexibility index (Phi) is 6.13. The summed E-state index contributed by atoms with van der Waals surface area (Å²) in [5.74, 6) is -1.00. The number of imide groups is 1. The molecule has 0 atom stereocenters. The average molecular weight is 435 g/mol. The van der Waals surface area contributed by atoms with Gasteiger partial charge in [0, 0.05) is 21.3 Å². The van der Waals surface area contributed by atoms with Crippen LogP contribution in [0.2, 0.25) is 10.0 Å². The molecule has 28 heavy (non-hydrogen) atoms. The molecule has 0 aliphatic carbocycles. The third-order valence-electron chi connectivity index (χ3n) is 4.33. The van der Waals surface area contributed by atoms with E-state index >= 15 is 0 Å². The van der Waals surface area contributed by atoms with Gasteiger partial charge in [-0.3, -0.25) is 19.3 Å². The maximum atomic E-state index is 12.6. The summed E-state index contributed by atoms with van der Waals surface area (Å²) in [7, 11) is 0. The number of halogens is 2. The molecule has 2 aromatic carbocycles. The van der Waals surface area contributed by atoms with Crippen molar-refractivity contribution in [2.24, 2.45) is 0 Å². The summed E-state index contributed by atoms with van der Waals surface area (Å²) in [6, 6.07) is 10.5. The van der Waals surface area contributed by atoms with Crippen molar-refractivity contribution in [1.29, 1.82) is 0 Å². The van der Waals surface area contributed by atoms with Crippen LogP contribution in [-0.2, 0) is 9.59 Å². The van der Waals surface area contributed by atoms with Crippen molar-refractivity contribution >= 4 is 63.8 Å². The number of nitrogens with one attached hydrogen (secondary N) is 1. The van der Waals surface area contributed by atoms with E-state index in [1.807, 2.05) is 26.0 Å². The number of carbonyl (C=O) groups is 3. The molecule has 144 valence electrons. The Labute approximate surface area is 176 Å². The zero-order chi connectivity index (χ0) is 20.4. The predicted molar refractivity (Wildman–Crippen MR) is 114 cm³/mol. The van der Waals surface area contributed by atoms with Crippen LogP contribution in [0.4, 0.5) is 10.5 Å². The van der Waals surface area contributed by atoms with Gasteiger partial charge in [-0.15, -0.1) is 0 Å². The van der Waals surface area contributed by atoms with Crippen molar-refractivity contribution in [1.82, 2.24) is 4.90 Å². The van der Waals surface area contributed by atoms with Crippen LogP contribution in [0.25, 0.3) is 6.08 Å². The largest absolute Gasteiger partial charge is 0.324 e. The normalized spacial score (nSPS) is 15.4. The molecule has 1 heterocycles. The first-order valence-electron chi connectivity index (χ1n) is 8.33. The molecule has 3 amide bonds. The molecule has 0 spiro atoms. The third kappa shape index (κ3) is 4.24. The van der Waals surface area contributed by atoms with Crippen molar-refractivity contribution in [3.63, 3.8) is 0 Å². The SMILES string of the molecule is Cc1cccc(NC(=O)CN2C(=O)S/C(=C/c3c(Cl)cccc3Cl)C2=O)c1C. The minimum atomic E-state index is -0.554. The van der Waals surface area contributed by atoms with Gasteiger partial charge >= 0.3 is 0 Å². The first-order chi connectivity index (χ1) is 13.3. The van der Waals surface area contributed by atoms with Crippen molar-refractivity contribution in [2.75, 3.05) is 11.9 Å². The van der Waals surface area contributed by atoms with Crippen molar-refractivity contribution in [2.45, 2.75) is 13.8 Å². The highest BCUT2D eigenvalue weighted by Gasteiger charge is 2.36. The summed E-state index contributed by atoms with van der Waals surface area (Å²) in [6.45, 7) is 3.46. The molecule has 1 N–H and O–H groups in total. The van der Waals surface area contributed by atoms with E-state index in [0.29, 0.717) is 21.3 Å². The fraction of sp³-hybridized carbons (Fsp3) is 0.150. The first-order valence-corrected chi connectivity index (χ1v) is 9.90. The fourth-order valence-corrected chi connectivity index (χ4v) is 3.96. The quantitative estimate of drug-likeness (QED) is 0.664. The molecule has 2 aromatic rings. The van der Waals surface area contributed by atoms with E-state index in [9.17, 15) is 14.4 Å². The molecule has 1 aliphatic heterocycles. The molecular weight excluding hydrogens is 419 g/mol. The highest BCUT2D eigenvalue weighted by molar-refractivity contribution is 8.18. The summed E-state index contributed by atoms with van der Waals surface area (Å²) in [5.41, 5.74) is 3.06. The van der Waals surface area contributed by atoms with Crippen molar-refractivity contribution in [3.05, 3.63) is 68.0 Å². The Bertz CT molecular complexity index is 1000. The minimum absolute atomic E-state index is 0.166. The number of nitrogens with zero attached hydrogens (tertiary/aromatic N) is 1. The second-order valence-electron chi connectivity index (χ2n) is 6.20. The van der Waals surface area contributed by atoms with Crippen molar-refractivity contribution in [3.8, 4) is 0 Å². The lowest BCUT2D eigenvalue weighted by atomic mass is 10.1. The maximum Gasteiger partial charge on any atom is 0.294 e. The molecule has 1 aliphatic rings. The summed E-state index contributed by atoms with van der Waals surface area (Å²) < 4.78 is 0. The van der Waals surface area contributed by atoms with Crippen LogP contribution in [0.1, 0.15) is 16.7 Å². The van der Waals surface area contributed by atoms with Crippen molar-refractivity contribution < 1.29 is 14.4 Å². The number of benzene rings is 2. The zero-order valence-corrected chi connectivity index (χ0v) is 17.4. The minimum Gasteiger partial charge on any atom is -0.324 e. The van der Waals surface area contributed by atoms with Gasteiger partial charge in [-0.2, -0.15) is 0 Å². The Hall–Kier alpha value is -2.28. The number of thioether (sulfide) groups is 1. The Morgan fingerprint density at radius 3 is 2.43 bits per heavy atom. The van der Waals surface area contributed by atoms with Gasteiger partial charge in [0.2, 0.25) is 5.91 Å². The van der Waals surface area contributed by atoms with E-state index in [2.05, 4.69) is 5.32 Å². The molecule has 0 unspecified atom stereocenters. The number of amides is 3. The van der Waals surface area contributed by atoms with Crippen LogP contribution in [0, 0.1) is 13.8 Å². The standard InChI is InChI=1S/C20H16Cl2N2O3S/c1-11-5-3-8-16(12(11)2)23-18(25)10-24-19(26)17(28-20(24)27)9-13-14(21)6-4-7-15(13)22/h3-9H,10H2,1-2H3,(H,23,25)/b17-9+.